The van der Waals surface area contributed by atoms with Crippen LogP contribution in [0, 0.1) is 10.1 Å². The van der Waals surface area contributed by atoms with Crippen LogP contribution in [0.2, 0.25) is 0 Å². The third-order valence-corrected chi connectivity index (χ3v) is 4.25. The Bertz CT molecular complexity index is 835. The summed E-state index contributed by atoms with van der Waals surface area (Å²) in [6.45, 7) is 3.49. The molecule has 1 heterocycles. The van der Waals surface area contributed by atoms with Gasteiger partial charge >= 0.3 is 12.1 Å². The molecule has 0 amide bonds. The van der Waals surface area contributed by atoms with E-state index in [4.69, 9.17) is 9.47 Å². The van der Waals surface area contributed by atoms with E-state index in [1.807, 2.05) is 0 Å². The van der Waals surface area contributed by atoms with Gasteiger partial charge in [-0.15, -0.1) is 11.3 Å². The number of alkyl halides is 3. The molecule has 0 unspecified atom stereocenters. The van der Waals surface area contributed by atoms with Gasteiger partial charge in [0.2, 0.25) is 5.88 Å². The van der Waals surface area contributed by atoms with Gasteiger partial charge in [-0.05, 0) is 19.4 Å². The third-order valence-electron chi connectivity index (χ3n) is 3.09. The summed E-state index contributed by atoms with van der Waals surface area (Å²) in [5.74, 6) is -1.24. The Balaban J connectivity index is 2.44. The molecule has 0 aliphatic carbocycles. The molecule has 0 saturated heterocycles. The summed E-state index contributed by atoms with van der Waals surface area (Å²) in [5.41, 5.74) is -2.55. The molecular weight excluding hydrogens is 377 g/mol. The molecule has 0 spiro atoms. The quantitative estimate of drug-likeness (QED) is 0.407. The number of aromatic nitrogens is 1. The van der Waals surface area contributed by atoms with Crippen LogP contribution in [-0.4, -0.2) is 22.5 Å². The van der Waals surface area contributed by atoms with Crippen molar-refractivity contribution in [3.05, 3.63) is 43.8 Å². The van der Waals surface area contributed by atoms with E-state index in [9.17, 15) is 28.1 Å². The summed E-state index contributed by atoms with van der Waals surface area (Å²) < 4.78 is 49.3. The highest BCUT2D eigenvalue weighted by Gasteiger charge is 2.38. The number of rotatable bonds is 6. The Morgan fingerprint density at radius 2 is 2.04 bits per heavy atom. The molecule has 0 aliphatic rings. The van der Waals surface area contributed by atoms with Gasteiger partial charge in [0.1, 0.15) is 11.3 Å². The molecule has 7 nitrogen and oxygen atoms in total. The molecule has 2 rings (SSSR count). The standard InChI is InChI=1S/C15H13F3N2O5S/c1-3-11-19-13(12(26-11)14(21)24-4-2)25-8-5-6-10(20(22)23)9(7-8)15(16,17)18/h5-7H,3-4H2,1-2H3. The lowest BCUT2D eigenvalue weighted by Gasteiger charge is -2.10. The Morgan fingerprint density at radius 1 is 1.35 bits per heavy atom. The van der Waals surface area contributed by atoms with Gasteiger partial charge in [0.25, 0.3) is 5.69 Å². The number of thiazole rings is 1. The molecule has 0 bridgehead atoms. The Morgan fingerprint density at radius 3 is 2.58 bits per heavy atom. The molecule has 0 radical (unpaired) electrons. The van der Waals surface area contributed by atoms with Gasteiger partial charge in [-0.1, -0.05) is 6.92 Å². The van der Waals surface area contributed by atoms with Gasteiger partial charge < -0.3 is 9.47 Å². The second-order valence-electron chi connectivity index (χ2n) is 4.85. The monoisotopic (exact) mass is 390 g/mol. The molecule has 140 valence electrons. The number of carbonyl (C=O) groups is 1. The number of aryl methyl sites for hydroxylation is 1. The number of nitro benzene ring substituents is 1. The Hall–Kier alpha value is -2.69. The zero-order chi connectivity index (χ0) is 19.5. The van der Waals surface area contributed by atoms with Crippen LogP contribution in [0.1, 0.15) is 34.1 Å². The average Bonchev–Trinajstić information content (AvgIpc) is 2.97. The van der Waals surface area contributed by atoms with E-state index in [1.165, 1.54) is 0 Å². The zero-order valence-corrected chi connectivity index (χ0v) is 14.4. The van der Waals surface area contributed by atoms with Gasteiger partial charge in [-0.2, -0.15) is 13.2 Å². The van der Waals surface area contributed by atoms with E-state index in [-0.39, 0.29) is 23.1 Å². The number of nitrogens with zero attached hydrogens (tertiary/aromatic N) is 2. The number of ether oxygens (including phenoxy) is 2. The maximum Gasteiger partial charge on any atom is 0.423 e. The van der Waals surface area contributed by atoms with Crippen LogP contribution in [0.15, 0.2) is 18.2 Å². The first-order valence-corrected chi connectivity index (χ1v) is 8.19. The maximum absolute atomic E-state index is 13.0. The number of halogens is 3. The van der Waals surface area contributed by atoms with E-state index in [1.54, 1.807) is 13.8 Å². The molecule has 1 aromatic carbocycles. The molecule has 0 fully saturated rings. The predicted octanol–water partition coefficient (Wildman–Crippen LogP) is 4.60. The summed E-state index contributed by atoms with van der Waals surface area (Å²) in [4.78, 5) is 25.7. The Labute approximate surface area is 149 Å². The number of hydrogen-bond donors (Lipinski definition) is 0. The molecule has 0 saturated carbocycles. The minimum absolute atomic E-state index is 0.00983. The minimum Gasteiger partial charge on any atom is -0.462 e. The van der Waals surface area contributed by atoms with Crippen molar-refractivity contribution in [3.63, 3.8) is 0 Å². The zero-order valence-electron chi connectivity index (χ0n) is 13.6. The fraction of sp³-hybridized carbons (Fsp3) is 0.333. The molecule has 0 atom stereocenters. The largest absolute Gasteiger partial charge is 0.462 e. The first-order valence-electron chi connectivity index (χ1n) is 7.37. The molecule has 0 aliphatic heterocycles. The van der Waals surface area contributed by atoms with Crippen molar-refractivity contribution >= 4 is 23.0 Å². The molecule has 11 heteroatoms. The number of benzene rings is 1. The molecule has 2 aromatic rings. The van der Waals surface area contributed by atoms with Crippen LogP contribution in [-0.2, 0) is 17.3 Å². The second-order valence-corrected chi connectivity index (χ2v) is 5.94. The van der Waals surface area contributed by atoms with Gasteiger partial charge in [0, 0.05) is 12.1 Å². The van der Waals surface area contributed by atoms with Gasteiger partial charge in [-0.25, -0.2) is 9.78 Å². The van der Waals surface area contributed by atoms with E-state index < -0.39 is 28.3 Å². The van der Waals surface area contributed by atoms with Crippen LogP contribution < -0.4 is 4.74 Å². The number of nitro groups is 1. The van der Waals surface area contributed by atoms with Crippen LogP contribution in [0.5, 0.6) is 11.6 Å². The third kappa shape index (κ3) is 4.28. The average molecular weight is 390 g/mol. The smallest absolute Gasteiger partial charge is 0.423 e. The summed E-state index contributed by atoms with van der Waals surface area (Å²) in [7, 11) is 0. The fourth-order valence-corrected chi connectivity index (χ4v) is 2.80. The highest BCUT2D eigenvalue weighted by Crippen LogP contribution is 2.39. The topological polar surface area (TPSA) is 91.6 Å². The maximum atomic E-state index is 13.0. The van der Waals surface area contributed by atoms with Crippen molar-refractivity contribution in [2.24, 2.45) is 0 Å². The van der Waals surface area contributed by atoms with Gasteiger partial charge in [-0.3, -0.25) is 10.1 Å². The van der Waals surface area contributed by atoms with Gasteiger partial charge in [0.05, 0.1) is 16.5 Å². The van der Waals surface area contributed by atoms with E-state index in [0.29, 0.717) is 23.6 Å². The minimum atomic E-state index is -4.94. The summed E-state index contributed by atoms with van der Waals surface area (Å²) in [6.07, 6.45) is -4.46. The van der Waals surface area contributed by atoms with Crippen molar-refractivity contribution < 1.29 is 32.4 Å². The predicted molar refractivity (Wildman–Crippen MR) is 85.6 cm³/mol. The van der Waals surface area contributed by atoms with Crippen LogP contribution in [0.3, 0.4) is 0 Å². The number of carbonyl (C=O) groups excluding carboxylic acids is 1. The highest BCUT2D eigenvalue weighted by atomic mass is 32.1. The summed E-state index contributed by atoms with van der Waals surface area (Å²) >= 11 is 1.00. The van der Waals surface area contributed by atoms with E-state index >= 15 is 0 Å². The van der Waals surface area contributed by atoms with Gasteiger partial charge in [0.15, 0.2) is 4.88 Å². The highest BCUT2D eigenvalue weighted by molar-refractivity contribution is 7.13. The fourth-order valence-electron chi connectivity index (χ4n) is 1.97. The summed E-state index contributed by atoms with van der Waals surface area (Å²) in [6, 6.07) is 2.20. The van der Waals surface area contributed by atoms with Crippen molar-refractivity contribution in [3.8, 4) is 11.6 Å². The first kappa shape index (κ1) is 19.6. The van der Waals surface area contributed by atoms with Crippen molar-refractivity contribution in [1.82, 2.24) is 4.98 Å². The molecule has 1 aromatic heterocycles. The SMILES string of the molecule is CCOC(=O)c1sc(CC)nc1Oc1ccc([N+](=O)[O-])c(C(F)(F)F)c1. The lowest BCUT2D eigenvalue weighted by atomic mass is 10.1. The lowest BCUT2D eigenvalue weighted by Crippen LogP contribution is -2.09. The normalized spacial score (nSPS) is 11.3. The van der Waals surface area contributed by atoms with Crippen LogP contribution in [0.4, 0.5) is 18.9 Å². The molecule has 0 N–H and O–H groups in total. The second kappa shape index (κ2) is 7.68. The van der Waals surface area contributed by atoms with Crippen molar-refractivity contribution in [2.75, 3.05) is 6.61 Å². The first-order chi connectivity index (χ1) is 12.2. The molecular formula is C15H13F3N2O5S. The van der Waals surface area contributed by atoms with E-state index in [2.05, 4.69) is 4.98 Å². The van der Waals surface area contributed by atoms with Crippen molar-refractivity contribution in [2.45, 2.75) is 26.4 Å². The summed E-state index contributed by atoms with van der Waals surface area (Å²) in [5, 5.41) is 11.3. The van der Waals surface area contributed by atoms with E-state index in [0.717, 1.165) is 17.4 Å². The lowest BCUT2D eigenvalue weighted by molar-refractivity contribution is -0.388. The van der Waals surface area contributed by atoms with Crippen molar-refractivity contribution in [1.29, 1.82) is 0 Å². The molecule has 26 heavy (non-hydrogen) atoms. The number of hydrogen-bond acceptors (Lipinski definition) is 7. The number of esters is 1. The van der Waals surface area contributed by atoms with Crippen LogP contribution in [0.25, 0.3) is 0 Å². The Kier molecular flexibility index (Phi) is 5.80. The van der Waals surface area contributed by atoms with Crippen LogP contribution >= 0.6 is 11.3 Å².